The standard InChI is InChI=1S/C51H38N2/c1-51(2)48-15-9-8-14-46(48)47-31-30-44(34-49(47)51)53(42-26-20-36(21-27-42)35-10-4-3-5-11-35)43-28-22-38(23-29-43)37-18-24-41(25-19-37)52-33-32-40-17-16-39-12-6-7-13-45(39)50(40)52/h3-34H,1-2H3. The van der Waals surface area contributed by atoms with Crippen molar-refractivity contribution in [2.75, 3.05) is 4.90 Å². The molecular weight excluding hydrogens is 641 g/mol. The van der Waals surface area contributed by atoms with Gasteiger partial charge in [-0.3, -0.25) is 0 Å². The highest BCUT2D eigenvalue weighted by Gasteiger charge is 2.35. The van der Waals surface area contributed by atoms with E-state index in [1.807, 2.05) is 0 Å². The van der Waals surface area contributed by atoms with E-state index in [-0.39, 0.29) is 5.41 Å². The molecule has 0 radical (unpaired) electrons. The topological polar surface area (TPSA) is 8.17 Å². The van der Waals surface area contributed by atoms with E-state index in [1.54, 1.807) is 0 Å². The number of benzene rings is 8. The first-order valence-corrected chi connectivity index (χ1v) is 18.4. The molecule has 0 fully saturated rings. The number of anilines is 3. The van der Waals surface area contributed by atoms with Gasteiger partial charge in [0.15, 0.2) is 0 Å². The molecule has 0 N–H and O–H groups in total. The molecule has 0 unspecified atom stereocenters. The van der Waals surface area contributed by atoms with Crippen LogP contribution in [0.25, 0.3) is 60.7 Å². The number of rotatable bonds is 6. The highest BCUT2D eigenvalue weighted by atomic mass is 15.1. The number of fused-ring (bicyclic) bond motifs is 6. The fourth-order valence-corrected chi connectivity index (χ4v) is 8.45. The van der Waals surface area contributed by atoms with E-state index in [9.17, 15) is 0 Å². The molecule has 0 saturated carbocycles. The van der Waals surface area contributed by atoms with Crippen LogP contribution in [0, 0.1) is 0 Å². The van der Waals surface area contributed by atoms with Gasteiger partial charge in [0, 0.05) is 45.1 Å². The summed E-state index contributed by atoms with van der Waals surface area (Å²) in [6.45, 7) is 4.70. The number of nitrogens with zero attached hydrogens (tertiary/aromatic N) is 2. The van der Waals surface area contributed by atoms with Crippen LogP contribution in [-0.4, -0.2) is 4.57 Å². The van der Waals surface area contributed by atoms with Crippen LogP contribution in [0.3, 0.4) is 0 Å². The van der Waals surface area contributed by atoms with Crippen LogP contribution in [-0.2, 0) is 5.41 Å². The SMILES string of the molecule is CC1(C)c2ccccc2-c2ccc(N(c3ccc(-c4ccccc4)cc3)c3ccc(-c4ccc(-n5ccc6ccc7ccccc7c65)cc4)cc3)cc21. The minimum atomic E-state index is -0.0825. The fraction of sp³-hybridized carbons (Fsp3) is 0.0588. The Morgan fingerprint density at radius 2 is 0.962 bits per heavy atom. The summed E-state index contributed by atoms with van der Waals surface area (Å²) < 4.78 is 2.31. The third-order valence-electron chi connectivity index (χ3n) is 11.2. The second-order valence-corrected chi connectivity index (χ2v) is 14.7. The van der Waals surface area contributed by atoms with Gasteiger partial charge >= 0.3 is 0 Å². The second kappa shape index (κ2) is 12.3. The van der Waals surface area contributed by atoms with Gasteiger partial charge in [0.2, 0.25) is 0 Å². The number of hydrogen-bond donors (Lipinski definition) is 0. The maximum atomic E-state index is 2.40. The van der Waals surface area contributed by atoms with E-state index in [0.717, 1.165) is 22.7 Å². The lowest BCUT2D eigenvalue weighted by molar-refractivity contribution is 0.660. The molecule has 0 amide bonds. The molecule has 252 valence electrons. The van der Waals surface area contributed by atoms with Gasteiger partial charge in [-0.05, 0) is 104 Å². The van der Waals surface area contributed by atoms with Crippen LogP contribution in [0.4, 0.5) is 17.1 Å². The molecule has 0 bridgehead atoms. The highest BCUT2D eigenvalue weighted by molar-refractivity contribution is 6.06. The maximum Gasteiger partial charge on any atom is 0.0606 e. The quantitative estimate of drug-likeness (QED) is 0.170. The third-order valence-corrected chi connectivity index (χ3v) is 11.2. The van der Waals surface area contributed by atoms with Crippen LogP contribution < -0.4 is 4.90 Å². The summed E-state index contributed by atoms with van der Waals surface area (Å²) in [7, 11) is 0. The molecule has 9 aromatic rings. The number of hydrogen-bond acceptors (Lipinski definition) is 1. The molecule has 0 aliphatic heterocycles. The Hall–Kier alpha value is -6.64. The summed E-state index contributed by atoms with van der Waals surface area (Å²) in [4.78, 5) is 2.39. The summed E-state index contributed by atoms with van der Waals surface area (Å²) in [5.41, 5.74) is 15.9. The summed E-state index contributed by atoms with van der Waals surface area (Å²) >= 11 is 0. The van der Waals surface area contributed by atoms with Gasteiger partial charge in [0.05, 0.1) is 5.52 Å². The molecule has 0 saturated heterocycles. The first-order chi connectivity index (χ1) is 26.0. The lowest BCUT2D eigenvalue weighted by Crippen LogP contribution is -2.16. The Morgan fingerprint density at radius 1 is 0.415 bits per heavy atom. The highest BCUT2D eigenvalue weighted by Crippen LogP contribution is 2.50. The van der Waals surface area contributed by atoms with Crippen molar-refractivity contribution in [2.45, 2.75) is 19.3 Å². The zero-order chi connectivity index (χ0) is 35.5. The Balaban J connectivity index is 1.01. The van der Waals surface area contributed by atoms with E-state index in [2.05, 4.69) is 218 Å². The van der Waals surface area contributed by atoms with Gasteiger partial charge in [-0.1, -0.05) is 147 Å². The van der Waals surface area contributed by atoms with Crippen molar-refractivity contribution in [1.82, 2.24) is 4.57 Å². The van der Waals surface area contributed by atoms with Crippen molar-refractivity contribution >= 4 is 38.7 Å². The van der Waals surface area contributed by atoms with Crippen molar-refractivity contribution in [3.8, 4) is 39.1 Å². The van der Waals surface area contributed by atoms with E-state index < -0.39 is 0 Å². The lowest BCUT2D eigenvalue weighted by atomic mass is 9.82. The van der Waals surface area contributed by atoms with E-state index in [1.165, 1.54) is 66.2 Å². The number of aromatic nitrogens is 1. The summed E-state index contributed by atoms with van der Waals surface area (Å²) in [5, 5.41) is 3.77. The normalized spacial score (nSPS) is 12.9. The van der Waals surface area contributed by atoms with Gasteiger partial charge in [-0.15, -0.1) is 0 Å². The Kier molecular flexibility index (Phi) is 7.19. The van der Waals surface area contributed by atoms with Crippen LogP contribution in [0.1, 0.15) is 25.0 Å². The molecule has 53 heavy (non-hydrogen) atoms. The summed E-state index contributed by atoms with van der Waals surface area (Å²) in [6, 6.07) is 68.6. The fourth-order valence-electron chi connectivity index (χ4n) is 8.45. The van der Waals surface area contributed by atoms with Crippen molar-refractivity contribution in [1.29, 1.82) is 0 Å². The van der Waals surface area contributed by atoms with Crippen LogP contribution in [0.15, 0.2) is 194 Å². The molecule has 8 aromatic carbocycles. The molecule has 2 nitrogen and oxygen atoms in total. The third kappa shape index (κ3) is 5.18. The maximum absolute atomic E-state index is 2.40. The first-order valence-electron chi connectivity index (χ1n) is 18.4. The smallest absolute Gasteiger partial charge is 0.0606 e. The monoisotopic (exact) mass is 678 g/mol. The largest absolute Gasteiger partial charge is 0.316 e. The van der Waals surface area contributed by atoms with Gasteiger partial charge < -0.3 is 9.47 Å². The molecule has 0 spiro atoms. The Bertz CT molecular complexity index is 2770. The van der Waals surface area contributed by atoms with Crippen molar-refractivity contribution in [3.05, 3.63) is 205 Å². The Morgan fingerprint density at radius 3 is 1.68 bits per heavy atom. The van der Waals surface area contributed by atoms with Crippen molar-refractivity contribution in [3.63, 3.8) is 0 Å². The van der Waals surface area contributed by atoms with Gasteiger partial charge in [0.1, 0.15) is 0 Å². The average Bonchev–Trinajstić information content (AvgIpc) is 3.76. The molecule has 2 heteroatoms. The molecule has 1 aromatic heterocycles. The van der Waals surface area contributed by atoms with E-state index in [4.69, 9.17) is 0 Å². The summed E-state index contributed by atoms with van der Waals surface area (Å²) in [5.74, 6) is 0. The van der Waals surface area contributed by atoms with Crippen molar-refractivity contribution in [2.24, 2.45) is 0 Å². The molecule has 10 rings (SSSR count). The van der Waals surface area contributed by atoms with Crippen LogP contribution in [0.5, 0.6) is 0 Å². The van der Waals surface area contributed by atoms with Crippen LogP contribution >= 0.6 is 0 Å². The predicted octanol–water partition coefficient (Wildman–Crippen LogP) is 13.9. The van der Waals surface area contributed by atoms with Gasteiger partial charge in [-0.25, -0.2) is 0 Å². The van der Waals surface area contributed by atoms with Crippen LogP contribution in [0.2, 0.25) is 0 Å². The Labute approximate surface area is 310 Å². The van der Waals surface area contributed by atoms with E-state index in [0.29, 0.717) is 0 Å². The molecule has 1 aliphatic carbocycles. The van der Waals surface area contributed by atoms with Gasteiger partial charge in [-0.2, -0.15) is 0 Å². The zero-order valence-corrected chi connectivity index (χ0v) is 29.9. The molecule has 0 atom stereocenters. The second-order valence-electron chi connectivity index (χ2n) is 14.7. The zero-order valence-electron chi connectivity index (χ0n) is 29.9. The molecule has 1 heterocycles. The minimum absolute atomic E-state index is 0.0825. The average molecular weight is 679 g/mol. The molecule has 1 aliphatic rings. The van der Waals surface area contributed by atoms with Gasteiger partial charge in [0.25, 0.3) is 0 Å². The predicted molar refractivity (Wildman–Crippen MR) is 224 cm³/mol. The lowest BCUT2D eigenvalue weighted by Gasteiger charge is -2.28. The summed E-state index contributed by atoms with van der Waals surface area (Å²) in [6.07, 6.45) is 2.18. The minimum Gasteiger partial charge on any atom is -0.316 e. The first kappa shape index (κ1) is 31.1. The van der Waals surface area contributed by atoms with Crippen molar-refractivity contribution < 1.29 is 0 Å². The molecular formula is C51H38N2. The van der Waals surface area contributed by atoms with E-state index >= 15 is 0 Å².